The second-order valence-corrected chi connectivity index (χ2v) is 13.9. The maximum atomic E-state index is 12.5. The van der Waals surface area contributed by atoms with Gasteiger partial charge in [0.15, 0.2) is 0 Å². The van der Waals surface area contributed by atoms with Crippen molar-refractivity contribution in [3.63, 3.8) is 0 Å². The van der Waals surface area contributed by atoms with E-state index in [2.05, 4.69) is 74.4 Å². The molecule has 8 nitrogen and oxygen atoms in total. The average molecular weight is 1830 g/mol. The molecular formula is C36H67FN5O3U5-5. The van der Waals surface area contributed by atoms with Crippen LogP contribution in [0.5, 0.6) is 0 Å². The van der Waals surface area contributed by atoms with Gasteiger partial charge in [0.2, 0.25) is 0 Å². The number of aliphatic hydroxyl groups excluding tert-OH is 2. The molecule has 10 atom stereocenters. The maximum Gasteiger partial charge on any atom is 0.0867 e. The Morgan fingerprint density at radius 3 is 1.20 bits per heavy atom. The van der Waals surface area contributed by atoms with E-state index in [1.807, 2.05) is 6.92 Å². The summed E-state index contributed by atoms with van der Waals surface area (Å²) in [6.45, 7) is 28.9. The summed E-state index contributed by atoms with van der Waals surface area (Å²) in [5.74, 6) is 3.94. The van der Waals surface area contributed by atoms with Crippen LogP contribution in [0, 0.1) is 197 Å². The van der Waals surface area contributed by atoms with Crippen LogP contribution in [0.25, 0.3) is 26.6 Å². The molecule has 0 aromatic rings. The first-order valence-corrected chi connectivity index (χ1v) is 17.4. The maximum absolute atomic E-state index is 12.5. The third kappa shape index (κ3) is 28.6. The van der Waals surface area contributed by atoms with Crippen molar-refractivity contribution < 1.29 is 175 Å². The first kappa shape index (κ1) is 63.4. The SMILES string of the molecule is C=C(C)C1C[N-]CCC1C.C=C(O)C1C[N-]CCC1C.CC1CC[N-]CC1F.CC1CC[N-]CC1O.COC1C[N-]CCC1C.[U].[U].[U].[U].[U]. The molecule has 5 heterocycles. The van der Waals surface area contributed by atoms with Crippen LogP contribution in [-0.2, 0) is 4.74 Å². The van der Waals surface area contributed by atoms with Crippen molar-refractivity contribution in [1.82, 2.24) is 0 Å². The number of piperidine rings is 5. The Morgan fingerprint density at radius 1 is 0.580 bits per heavy atom. The summed E-state index contributed by atoms with van der Waals surface area (Å²) < 4.78 is 17.7. The smallest absolute Gasteiger partial charge is 0.0867 e. The molecule has 0 aromatic carbocycles. The van der Waals surface area contributed by atoms with Crippen molar-refractivity contribution in [3.8, 4) is 0 Å². The van der Waals surface area contributed by atoms with Crippen LogP contribution in [0.3, 0.4) is 0 Å². The van der Waals surface area contributed by atoms with Crippen molar-refractivity contribution in [1.29, 1.82) is 0 Å². The van der Waals surface area contributed by atoms with Crippen molar-refractivity contribution in [2.75, 3.05) is 72.6 Å². The van der Waals surface area contributed by atoms with Crippen LogP contribution < -0.4 is 0 Å². The van der Waals surface area contributed by atoms with Crippen LogP contribution in [0.4, 0.5) is 4.39 Å². The van der Waals surface area contributed by atoms with Gasteiger partial charge < -0.3 is 41.5 Å². The third-order valence-corrected chi connectivity index (χ3v) is 9.94. The Bertz CT molecular complexity index is 741. The molecule has 10 unspecified atom stereocenters. The zero-order valence-electron chi connectivity index (χ0n) is 32.2. The van der Waals surface area contributed by atoms with E-state index in [4.69, 9.17) is 14.9 Å². The molecule has 2 N–H and O–H groups in total. The van der Waals surface area contributed by atoms with Gasteiger partial charge in [-0.3, -0.25) is 0 Å². The molecular weight excluding hydrogens is 1760 g/mol. The van der Waals surface area contributed by atoms with Gasteiger partial charge in [0.25, 0.3) is 0 Å². The molecule has 286 valence electrons. The number of alkyl halides is 1. The minimum atomic E-state index is -0.663. The van der Waals surface area contributed by atoms with Gasteiger partial charge in [-0.1, -0.05) is 85.5 Å². The molecule has 0 radical (unpaired) electrons. The number of ether oxygens (including phenoxy) is 1. The molecule has 0 bridgehead atoms. The normalized spacial score (nSPS) is 32.8. The van der Waals surface area contributed by atoms with Gasteiger partial charge >= 0.3 is 0 Å². The molecule has 0 aliphatic carbocycles. The van der Waals surface area contributed by atoms with Crippen LogP contribution in [0.1, 0.15) is 73.6 Å². The van der Waals surface area contributed by atoms with Crippen LogP contribution >= 0.6 is 0 Å². The van der Waals surface area contributed by atoms with Crippen LogP contribution in [-0.4, -0.2) is 101 Å². The predicted octanol–water partition coefficient (Wildman–Crippen LogP) is 8.59. The largest absolute Gasteiger partial charge is 0.662 e. The quantitative estimate of drug-likeness (QED) is 0.218. The van der Waals surface area contributed by atoms with E-state index in [-0.39, 0.29) is 174 Å². The number of nitrogens with zero attached hydrogens (tertiary/aromatic N) is 5. The molecule has 0 saturated carbocycles. The van der Waals surface area contributed by atoms with E-state index in [0.29, 0.717) is 48.6 Å². The van der Waals surface area contributed by atoms with Crippen LogP contribution in [0.15, 0.2) is 24.5 Å². The van der Waals surface area contributed by atoms with E-state index < -0.39 is 6.17 Å². The van der Waals surface area contributed by atoms with E-state index in [1.165, 1.54) is 18.4 Å². The molecule has 5 aliphatic heterocycles. The molecule has 5 aliphatic rings. The zero-order chi connectivity index (χ0) is 33.8. The summed E-state index contributed by atoms with van der Waals surface area (Å²) in [6, 6.07) is 0. The molecule has 14 heteroatoms. The first-order valence-electron chi connectivity index (χ1n) is 17.4. The number of methoxy groups -OCH3 is 1. The Hall–Kier alpha value is 4.19. The Labute approximate surface area is 425 Å². The first-order chi connectivity index (χ1) is 21.4. The molecule has 0 aromatic heterocycles. The van der Waals surface area contributed by atoms with Gasteiger partial charge in [0, 0.05) is 175 Å². The predicted molar refractivity (Wildman–Crippen MR) is 190 cm³/mol. The van der Waals surface area contributed by atoms with Crippen molar-refractivity contribution >= 4 is 0 Å². The van der Waals surface area contributed by atoms with Crippen molar-refractivity contribution in [2.24, 2.45) is 41.4 Å². The molecule has 0 spiro atoms. The Morgan fingerprint density at radius 2 is 0.960 bits per heavy atom. The van der Waals surface area contributed by atoms with Crippen molar-refractivity contribution in [2.45, 2.75) is 92.0 Å². The number of rotatable bonds is 3. The van der Waals surface area contributed by atoms with E-state index in [9.17, 15) is 4.39 Å². The van der Waals surface area contributed by atoms with E-state index >= 15 is 0 Å². The van der Waals surface area contributed by atoms with Gasteiger partial charge in [0.05, 0.1) is 11.9 Å². The monoisotopic (exact) mass is 1830 g/mol. The molecule has 5 saturated heterocycles. The minimum Gasteiger partial charge on any atom is -0.662 e. The van der Waals surface area contributed by atoms with Gasteiger partial charge in [0.1, 0.15) is 0 Å². The standard InChI is InChI=1S/C9H16N.C8H14NO.C7H14NO.C6H11FN.C6H12NO.5U/c1-7(2)9-6-10-5-4-8(9)3;1-6-3-4-9-5-8(6)7(2)10;1-6-3-4-8-5-7(6)9-2;1-5-2-3-8-4-6(5)7;1-5-2-3-7-4-6(5)8;;;;;/h8-9H,1,4-6H2,2-3H3;6,8,10H,2-5H2,1H3;6-7H,3-5H2,1-2H3;5-6H,2-4H2,1H3;5-6,8H,2-4H2,1H3;;;;;/q5*-1;;;;;. The fourth-order valence-corrected chi connectivity index (χ4v) is 5.84. The van der Waals surface area contributed by atoms with Gasteiger partial charge in [-0.25, -0.2) is 4.39 Å². The second-order valence-electron chi connectivity index (χ2n) is 13.9. The summed E-state index contributed by atoms with van der Waals surface area (Å²) in [7, 11) is 1.77. The number of halogens is 1. The summed E-state index contributed by atoms with van der Waals surface area (Å²) in [5.41, 5.74) is 1.30. The second kappa shape index (κ2) is 38.7. The van der Waals surface area contributed by atoms with Crippen LogP contribution in [0.2, 0.25) is 0 Å². The number of hydrogen-bond acceptors (Lipinski definition) is 3. The number of aliphatic hydroxyl groups is 2. The topological polar surface area (TPSA) is 120 Å². The minimum absolute atomic E-state index is 0. The third-order valence-electron chi connectivity index (χ3n) is 9.94. The summed E-state index contributed by atoms with van der Waals surface area (Å²) >= 11 is 0. The molecule has 0 amide bonds. The fourth-order valence-electron chi connectivity index (χ4n) is 5.84. The Kier molecular flexibility index (Phi) is 49.0. The molecule has 5 rings (SSSR count). The summed E-state index contributed by atoms with van der Waals surface area (Å²) in [6.07, 6.45) is 5.08. The van der Waals surface area contributed by atoms with E-state index in [1.54, 1.807) is 7.11 Å². The van der Waals surface area contributed by atoms with Gasteiger partial charge in [-0.15, -0.1) is 65.4 Å². The zero-order valence-corrected chi connectivity index (χ0v) is 53.0. The molecule has 5 fully saturated rings. The Balaban J connectivity index is -0.000000165. The fraction of sp³-hybridized carbons (Fsp3) is 0.889. The van der Waals surface area contributed by atoms with E-state index in [0.717, 1.165) is 77.5 Å². The summed E-state index contributed by atoms with van der Waals surface area (Å²) in [4.78, 5) is 0. The average Bonchev–Trinajstić information content (AvgIpc) is 3.02. The van der Waals surface area contributed by atoms with Gasteiger partial charge in [-0.2, -0.15) is 0 Å². The van der Waals surface area contributed by atoms with Crippen molar-refractivity contribution in [3.05, 3.63) is 51.1 Å². The summed E-state index contributed by atoms with van der Waals surface area (Å²) in [5, 5.41) is 39.0. The number of hydrogen-bond donors (Lipinski definition) is 2. The molecule has 50 heavy (non-hydrogen) atoms. The van der Waals surface area contributed by atoms with Gasteiger partial charge in [-0.05, 0) is 48.3 Å².